The molecule has 0 spiro atoms. The molecular weight excluding hydrogens is 364 g/mol. The second-order valence-corrected chi connectivity index (χ2v) is 7.05. The first kappa shape index (κ1) is 11.4. The largest absolute Gasteiger partial charge is 0.338 e. The number of nitrogens with zero attached hydrogens (tertiary/aromatic N) is 1. The highest BCUT2D eigenvalue weighted by Crippen LogP contribution is 2.30. The van der Waals surface area contributed by atoms with E-state index in [9.17, 15) is 0 Å². The molecule has 1 aromatic carbocycles. The maximum atomic E-state index is 4.65. The Kier molecular flexibility index (Phi) is 2.84. The third-order valence-electron chi connectivity index (χ3n) is 2.58. The number of fused-ring (bicyclic) bond motifs is 1. The Bertz CT molecular complexity index is 700. The lowest BCUT2D eigenvalue weighted by atomic mass is 10.2. The van der Waals surface area contributed by atoms with Crippen molar-refractivity contribution in [3.05, 3.63) is 37.4 Å². The smallest absolute Gasteiger partial charge is 0.139 e. The van der Waals surface area contributed by atoms with Gasteiger partial charge in [-0.05, 0) is 46.6 Å². The van der Waals surface area contributed by atoms with Crippen LogP contribution in [0.25, 0.3) is 22.4 Å². The number of imidazole rings is 1. The number of aromatic amines is 1. The average Bonchev–Trinajstić information content (AvgIpc) is 2.83. The van der Waals surface area contributed by atoms with Gasteiger partial charge in [-0.3, -0.25) is 0 Å². The van der Waals surface area contributed by atoms with Crippen LogP contribution >= 0.6 is 43.2 Å². The number of aromatic nitrogens is 2. The molecule has 2 heterocycles. The SMILES string of the molecule is Cc1cc(Br)cc2[nH]c(-c3csc(Br)c3)nc12. The standard InChI is InChI=1S/C12H8Br2N2S/c1-6-2-8(13)4-9-11(6)16-12(15-9)7-3-10(14)17-5-7/h2-5H,1H3,(H,15,16). The second-order valence-electron chi connectivity index (χ2n) is 3.84. The summed E-state index contributed by atoms with van der Waals surface area (Å²) in [5, 5.41) is 2.09. The van der Waals surface area contributed by atoms with Gasteiger partial charge < -0.3 is 4.98 Å². The molecule has 0 radical (unpaired) electrons. The van der Waals surface area contributed by atoms with Crippen molar-refractivity contribution in [3.8, 4) is 11.4 Å². The van der Waals surface area contributed by atoms with Gasteiger partial charge in [-0.25, -0.2) is 4.98 Å². The molecule has 0 fully saturated rings. The quantitative estimate of drug-likeness (QED) is 0.631. The van der Waals surface area contributed by atoms with E-state index in [0.717, 1.165) is 30.7 Å². The van der Waals surface area contributed by atoms with Gasteiger partial charge in [-0.1, -0.05) is 15.9 Å². The number of H-pyrrole nitrogens is 1. The van der Waals surface area contributed by atoms with E-state index in [1.165, 1.54) is 5.56 Å². The fourth-order valence-corrected chi connectivity index (χ4v) is 3.53. The third kappa shape index (κ3) is 2.07. The minimum Gasteiger partial charge on any atom is -0.338 e. The van der Waals surface area contributed by atoms with E-state index in [0.29, 0.717) is 0 Å². The molecule has 2 aromatic heterocycles. The molecule has 0 saturated carbocycles. The van der Waals surface area contributed by atoms with Crippen LogP contribution in [0.5, 0.6) is 0 Å². The second kappa shape index (κ2) is 4.23. The van der Waals surface area contributed by atoms with Crippen molar-refractivity contribution < 1.29 is 0 Å². The van der Waals surface area contributed by atoms with E-state index in [1.54, 1.807) is 11.3 Å². The molecule has 3 aromatic rings. The molecule has 1 N–H and O–H groups in total. The first-order valence-electron chi connectivity index (χ1n) is 5.04. The predicted octanol–water partition coefficient (Wildman–Crippen LogP) is 5.12. The van der Waals surface area contributed by atoms with Crippen LogP contribution in [-0.2, 0) is 0 Å². The summed E-state index contributed by atoms with van der Waals surface area (Å²) >= 11 is 8.63. The zero-order chi connectivity index (χ0) is 12.0. The fraction of sp³-hybridized carbons (Fsp3) is 0.0833. The zero-order valence-corrected chi connectivity index (χ0v) is 12.9. The summed E-state index contributed by atoms with van der Waals surface area (Å²) in [6.07, 6.45) is 0. The lowest BCUT2D eigenvalue weighted by molar-refractivity contribution is 1.34. The molecule has 0 saturated heterocycles. The molecule has 86 valence electrons. The van der Waals surface area contributed by atoms with E-state index in [1.807, 2.05) is 0 Å². The first-order chi connectivity index (χ1) is 8.13. The summed E-state index contributed by atoms with van der Waals surface area (Å²) in [5.41, 5.74) is 4.39. The van der Waals surface area contributed by atoms with Gasteiger partial charge >= 0.3 is 0 Å². The summed E-state index contributed by atoms with van der Waals surface area (Å²) in [6.45, 7) is 2.07. The Hall–Kier alpha value is -0.650. The Morgan fingerprint density at radius 1 is 1.24 bits per heavy atom. The number of hydrogen-bond acceptors (Lipinski definition) is 2. The molecule has 2 nitrogen and oxygen atoms in total. The van der Waals surface area contributed by atoms with Gasteiger partial charge in [0, 0.05) is 15.4 Å². The molecule has 5 heteroatoms. The van der Waals surface area contributed by atoms with Gasteiger partial charge in [0.25, 0.3) is 0 Å². The molecule has 0 bridgehead atoms. The van der Waals surface area contributed by atoms with Crippen molar-refractivity contribution in [2.45, 2.75) is 6.92 Å². The highest BCUT2D eigenvalue weighted by molar-refractivity contribution is 9.11. The summed E-state index contributed by atoms with van der Waals surface area (Å²) in [5.74, 6) is 0.920. The highest BCUT2D eigenvalue weighted by atomic mass is 79.9. The van der Waals surface area contributed by atoms with Crippen LogP contribution in [0, 0.1) is 6.92 Å². The topological polar surface area (TPSA) is 28.7 Å². The lowest BCUT2D eigenvalue weighted by Crippen LogP contribution is -1.77. The van der Waals surface area contributed by atoms with Crippen LogP contribution in [0.15, 0.2) is 31.8 Å². The molecule has 0 unspecified atom stereocenters. The molecule has 0 aliphatic heterocycles. The first-order valence-corrected chi connectivity index (χ1v) is 7.50. The molecule has 3 rings (SSSR count). The number of aryl methyl sites for hydroxylation is 1. The number of benzene rings is 1. The fourth-order valence-electron chi connectivity index (χ4n) is 1.82. The van der Waals surface area contributed by atoms with E-state index in [4.69, 9.17) is 0 Å². The summed E-state index contributed by atoms with van der Waals surface area (Å²) in [7, 11) is 0. The van der Waals surface area contributed by atoms with E-state index < -0.39 is 0 Å². The molecular formula is C12H8Br2N2S. The highest BCUT2D eigenvalue weighted by Gasteiger charge is 2.09. The Balaban J connectivity index is 2.23. The Morgan fingerprint density at radius 2 is 2.06 bits per heavy atom. The van der Waals surface area contributed by atoms with Gasteiger partial charge in [-0.15, -0.1) is 11.3 Å². The van der Waals surface area contributed by atoms with Gasteiger partial charge in [0.15, 0.2) is 0 Å². The molecule has 0 aliphatic carbocycles. The number of thiophene rings is 1. The van der Waals surface area contributed by atoms with Gasteiger partial charge in [0.05, 0.1) is 14.8 Å². The van der Waals surface area contributed by atoms with Crippen LogP contribution < -0.4 is 0 Å². The maximum absolute atomic E-state index is 4.65. The minimum absolute atomic E-state index is 0.920. The summed E-state index contributed by atoms with van der Waals surface area (Å²) in [6, 6.07) is 6.21. The van der Waals surface area contributed by atoms with Gasteiger partial charge in [0.1, 0.15) is 5.82 Å². The summed E-state index contributed by atoms with van der Waals surface area (Å²) < 4.78 is 2.19. The van der Waals surface area contributed by atoms with Crippen LogP contribution in [-0.4, -0.2) is 9.97 Å². The maximum Gasteiger partial charge on any atom is 0.139 e. The molecule has 0 aliphatic rings. The van der Waals surface area contributed by atoms with E-state index in [2.05, 4.69) is 72.3 Å². The number of halogens is 2. The normalized spacial score (nSPS) is 11.2. The van der Waals surface area contributed by atoms with Crippen LogP contribution in [0.1, 0.15) is 5.56 Å². The van der Waals surface area contributed by atoms with E-state index >= 15 is 0 Å². The molecule has 17 heavy (non-hydrogen) atoms. The Morgan fingerprint density at radius 3 is 2.76 bits per heavy atom. The van der Waals surface area contributed by atoms with Gasteiger partial charge in [-0.2, -0.15) is 0 Å². The lowest BCUT2D eigenvalue weighted by Gasteiger charge is -1.94. The van der Waals surface area contributed by atoms with Crippen molar-refractivity contribution in [1.82, 2.24) is 9.97 Å². The third-order valence-corrected chi connectivity index (χ3v) is 4.55. The number of nitrogens with one attached hydrogen (secondary N) is 1. The molecule has 0 amide bonds. The Labute approximate surface area is 119 Å². The van der Waals surface area contributed by atoms with Crippen LogP contribution in [0.3, 0.4) is 0 Å². The van der Waals surface area contributed by atoms with E-state index in [-0.39, 0.29) is 0 Å². The molecule has 0 atom stereocenters. The van der Waals surface area contributed by atoms with Crippen molar-refractivity contribution in [2.75, 3.05) is 0 Å². The zero-order valence-electron chi connectivity index (χ0n) is 8.92. The van der Waals surface area contributed by atoms with Crippen molar-refractivity contribution in [2.24, 2.45) is 0 Å². The number of hydrogen-bond donors (Lipinski definition) is 1. The summed E-state index contributed by atoms with van der Waals surface area (Å²) in [4.78, 5) is 8.00. The average molecular weight is 372 g/mol. The predicted molar refractivity (Wildman–Crippen MR) is 79.5 cm³/mol. The monoisotopic (exact) mass is 370 g/mol. The number of rotatable bonds is 1. The minimum atomic E-state index is 0.920. The van der Waals surface area contributed by atoms with Crippen molar-refractivity contribution >= 4 is 54.2 Å². The van der Waals surface area contributed by atoms with Crippen LogP contribution in [0.2, 0.25) is 0 Å². The van der Waals surface area contributed by atoms with Crippen molar-refractivity contribution in [1.29, 1.82) is 0 Å². The van der Waals surface area contributed by atoms with Crippen molar-refractivity contribution in [3.63, 3.8) is 0 Å². The van der Waals surface area contributed by atoms with Crippen LogP contribution in [0.4, 0.5) is 0 Å². The van der Waals surface area contributed by atoms with Gasteiger partial charge in [0.2, 0.25) is 0 Å².